The molecule has 0 radical (unpaired) electrons. The summed E-state index contributed by atoms with van der Waals surface area (Å²) in [6.45, 7) is 0. The first kappa shape index (κ1) is 13.0. The molecular weight excluding hydrogens is 248 g/mol. The van der Waals surface area contributed by atoms with Crippen LogP contribution in [0.2, 0.25) is 0 Å². The van der Waals surface area contributed by atoms with Gasteiger partial charge in [-0.15, -0.1) is 0 Å². The van der Waals surface area contributed by atoms with Gasteiger partial charge in [0, 0.05) is 5.41 Å². The molecule has 104 valence electrons. The first-order valence-electron chi connectivity index (χ1n) is 7.19. The van der Waals surface area contributed by atoms with Crippen molar-refractivity contribution in [3.63, 3.8) is 0 Å². The minimum Gasteiger partial charge on any atom is -0.508 e. The van der Waals surface area contributed by atoms with Crippen molar-refractivity contribution in [2.24, 2.45) is 0 Å². The van der Waals surface area contributed by atoms with Crippen LogP contribution in [-0.4, -0.2) is 12.2 Å². The lowest BCUT2D eigenvalue weighted by molar-refractivity contribution is 0.412. The summed E-state index contributed by atoms with van der Waals surface area (Å²) in [7, 11) is 1.71. The Morgan fingerprint density at radius 3 is 2.30 bits per heavy atom. The molecule has 20 heavy (non-hydrogen) atoms. The molecule has 0 heterocycles. The molecule has 1 aliphatic carbocycles. The number of aromatic hydroxyl groups is 1. The van der Waals surface area contributed by atoms with Crippen LogP contribution in [0.15, 0.2) is 48.5 Å². The Hall–Kier alpha value is -1.96. The minimum absolute atomic E-state index is 0.0717. The molecule has 1 aliphatic rings. The quantitative estimate of drug-likeness (QED) is 0.901. The summed E-state index contributed by atoms with van der Waals surface area (Å²) in [6.07, 6.45) is 4.81. The third-order valence-corrected chi connectivity index (χ3v) is 4.50. The molecule has 2 aromatic rings. The second kappa shape index (κ2) is 5.20. The summed E-state index contributed by atoms with van der Waals surface area (Å²) in [5.74, 6) is 1.24. The van der Waals surface area contributed by atoms with Gasteiger partial charge in [0.15, 0.2) is 0 Å². The van der Waals surface area contributed by atoms with Gasteiger partial charge < -0.3 is 9.84 Å². The highest BCUT2D eigenvalue weighted by atomic mass is 16.5. The zero-order chi connectivity index (χ0) is 14.0. The van der Waals surface area contributed by atoms with Crippen molar-refractivity contribution in [3.8, 4) is 11.5 Å². The number of rotatable bonds is 3. The maximum atomic E-state index is 9.52. The molecule has 2 heteroatoms. The normalized spacial score (nSPS) is 17.1. The van der Waals surface area contributed by atoms with Gasteiger partial charge in [-0.2, -0.15) is 0 Å². The molecule has 0 bridgehead atoms. The van der Waals surface area contributed by atoms with Crippen molar-refractivity contribution in [1.82, 2.24) is 0 Å². The average Bonchev–Trinajstić information content (AvgIpc) is 2.99. The second-order valence-electron chi connectivity index (χ2n) is 5.57. The van der Waals surface area contributed by atoms with Gasteiger partial charge in [0.1, 0.15) is 11.5 Å². The predicted octanol–water partition coefficient (Wildman–Crippen LogP) is 4.26. The van der Waals surface area contributed by atoms with Crippen molar-refractivity contribution in [2.75, 3.05) is 7.11 Å². The van der Waals surface area contributed by atoms with Gasteiger partial charge in [-0.25, -0.2) is 0 Å². The number of phenols is 1. The molecule has 0 saturated heterocycles. The Balaban J connectivity index is 2.09. The van der Waals surface area contributed by atoms with E-state index in [1.165, 1.54) is 24.0 Å². The monoisotopic (exact) mass is 268 g/mol. The zero-order valence-corrected chi connectivity index (χ0v) is 11.8. The van der Waals surface area contributed by atoms with Crippen LogP contribution >= 0.6 is 0 Å². The Morgan fingerprint density at radius 1 is 0.950 bits per heavy atom. The third kappa shape index (κ3) is 2.15. The van der Waals surface area contributed by atoms with E-state index in [9.17, 15) is 5.11 Å². The highest BCUT2D eigenvalue weighted by Gasteiger charge is 2.37. The summed E-state index contributed by atoms with van der Waals surface area (Å²) < 4.78 is 5.37. The lowest BCUT2D eigenvalue weighted by Gasteiger charge is -2.30. The number of benzene rings is 2. The maximum absolute atomic E-state index is 9.52. The van der Waals surface area contributed by atoms with E-state index in [-0.39, 0.29) is 5.41 Å². The zero-order valence-electron chi connectivity index (χ0n) is 11.8. The Kier molecular flexibility index (Phi) is 3.39. The van der Waals surface area contributed by atoms with Gasteiger partial charge in [0.2, 0.25) is 0 Å². The first-order valence-corrected chi connectivity index (χ1v) is 7.19. The molecule has 3 rings (SSSR count). The van der Waals surface area contributed by atoms with E-state index in [1.807, 2.05) is 6.07 Å². The first-order chi connectivity index (χ1) is 9.74. The number of hydrogen-bond acceptors (Lipinski definition) is 2. The SMILES string of the molecule is COc1cccc(C2(c3ccc(O)cc3)CCCC2)c1. The van der Waals surface area contributed by atoms with Gasteiger partial charge in [0.25, 0.3) is 0 Å². The van der Waals surface area contributed by atoms with Crippen LogP contribution in [0.1, 0.15) is 36.8 Å². The molecule has 1 N–H and O–H groups in total. The molecule has 1 saturated carbocycles. The van der Waals surface area contributed by atoms with E-state index >= 15 is 0 Å². The molecule has 0 spiro atoms. The van der Waals surface area contributed by atoms with Crippen molar-refractivity contribution in [1.29, 1.82) is 0 Å². The van der Waals surface area contributed by atoms with E-state index < -0.39 is 0 Å². The van der Waals surface area contributed by atoms with Crippen LogP contribution in [0.5, 0.6) is 11.5 Å². The van der Waals surface area contributed by atoms with Crippen molar-refractivity contribution >= 4 is 0 Å². The molecule has 2 nitrogen and oxygen atoms in total. The van der Waals surface area contributed by atoms with E-state index in [0.717, 1.165) is 18.6 Å². The van der Waals surface area contributed by atoms with Crippen LogP contribution in [0.4, 0.5) is 0 Å². The highest BCUT2D eigenvalue weighted by Crippen LogP contribution is 2.47. The van der Waals surface area contributed by atoms with E-state index in [1.54, 1.807) is 19.2 Å². The average molecular weight is 268 g/mol. The molecule has 0 amide bonds. The standard InChI is InChI=1S/C18H20O2/c1-20-17-6-4-5-15(13-17)18(11-2-3-12-18)14-7-9-16(19)10-8-14/h4-10,13,19H,2-3,11-12H2,1H3. The number of phenolic OH excluding ortho intramolecular Hbond substituents is 1. The fourth-order valence-corrected chi connectivity index (χ4v) is 3.42. The molecule has 1 fully saturated rings. The van der Waals surface area contributed by atoms with Gasteiger partial charge in [-0.3, -0.25) is 0 Å². The van der Waals surface area contributed by atoms with Crippen LogP contribution in [0.25, 0.3) is 0 Å². The molecule has 2 aromatic carbocycles. The van der Waals surface area contributed by atoms with E-state index in [2.05, 4.69) is 30.3 Å². The maximum Gasteiger partial charge on any atom is 0.119 e. The summed E-state index contributed by atoms with van der Waals surface area (Å²) >= 11 is 0. The molecular formula is C18H20O2. The van der Waals surface area contributed by atoms with Crippen molar-refractivity contribution in [3.05, 3.63) is 59.7 Å². The van der Waals surface area contributed by atoms with E-state index in [0.29, 0.717) is 5.75 Å². The Morgan fingerprint density at radius 2 is 1.65 bits per heavy atom. The highest BCUT2D eigenvalue weighted by molar-refractivity contribution is 5.44. The fourth-order valence-electron chi connectivity index (χ4n) is 3.42. The topological polar surface area (TPSA) is 29.5 Å². The lowest BCUT2D eigenvalue weighted by atomic mass is 9.73. The summed E-state index contributed by atoms with van der Waals surface area (Å²) in [5.41, 5.74) is 2.68. The van der Waals surface area contributed by atoms with Crippen LogP contribution in [0, 0.1) is 0 Å². The van der Waals surface area contributed by atoms with E-state index in [4.69, 9.17) is 4.74 Å². The molecule has 0 unspecified atom stereocenters. The molecule has 0 aromatic heterocycles. The summed E-state index contributed by atoms with van der Waals surface area (Å²) in [5, 5.41) is 9.52. The number of hydrogen-bond donors (Lipinski definition) is 1. The van der Waals surface area contributed by atoms with Crippen molar-refractivity contribution < 1.29 is 9.84 Å². The number of ether oxygens (including phenoxy) is 1. The summed E-state index contributed by atoms with van der Waals surface area (Å²) in [4.78, 5) is 0. The molecule has 0 atom stereocenters. The van der Waals surface area contributed by atoms with Crippen LogP contribution < -0.4 is 4.74 Å². The Labute approximate surface area is 120 Å². The fraction of sp³-hybridized carbons (Fsp3) is 0.333. The summed E-state index contributed by atoms with van der Waals surface area (Å²) in [6, 6.07) is 16.1. The number of methoxy groups -OCH3 is 1. The Bertz CT molecular complexity index is 581. The van der Waals surface area contributed by atoms with Gasteiger partial charge in [-0.1, -0.05) is 37.1 Å². The van der Waals surface area contributed by atoms with Gasteiger partial charge in [-0.05, 0) is 48.2 Å². The second-order valence-corrected chi connectivity index (χ2v) is 5.57. The van der Waals surface area contributed by atoms with Gasteiger partial charge >= 0.3 is 0 Å². The van der Waals surface area contributed by atoms with Crippen LogP contribution in [-0.2, 0) is 5.41 Å². The van der Waals surface area contributed by atoms with Gasteiger partial charge in [0.05, 0.1) is 7.11 Å². The van der Waals surface area contributed by atoms with Crippen molar-refractivity contribution in [2.45, 2.75) is 31.1 Å². The van der Waals surface area contributed by atoms with Crippen LogP contribution in [0.3, 0.4) is 0 Å². The minimum atomic E-state index is 0.0717. The largest absolute Gasteiger partial charge is 0.508 e. The predicted molar refractivity (Wildman–Crippen MR) is 80.3 cm³/mol. The lowest BCUT2D eigenvalue weighted by Crippen LogP contribution is -2.23. The smallest absolute Gasteiger partial charge is 0.119 e. The molecule has 0 aliphatic heterocycles. The third-order valence-electron chi connectivity index (χ3n) is 4.50.